The monoisotopic (exact) mass is 249 g/mol. The molecule has 0 amide bonds. The minimum atomic E-state index is -0.341. The lowest BCUT2D eigenvalue weighted by atomic mass is 10.1. The summed E-state index contributed by atoms with van der Waals surface area (Å²) < 4.78 is 4.47. The second kappa shape index (κ2) is 7.89. The minimum absolute atomic E-state index is 0.160. The predicted molar refractivity (Wildman–Crippen MR) is 52.6 cm³/mol. The van der Waals surface area contributed by atoms with Gasteiger partial charge in [0.25, 0.3) is 0 Å². The molecule has 1 unspecified atom stereocenters. The Labute approximate surface area is 85.2 Å². The number of carbonyl (C=O) groups is 1. The molecule has 0 aromatic rings. The minimum Gasteiger partial charge on any atom is -0.469 e. The zero-order chi connectivity index (χ0) is 10.1. The molecule has 0 rings (SSSR count). The normalized spacial score (nSPS) is 11.5. The highest BCUT2D eigenvalue weighted by atomic mass is 79.9. The van der Waals surface area contributed by atoms with Gasteiger partial charge in [0.1, 0.15) is 0 Å². The van der Waals surface area contributed by atoms with Gasteiger partial charge >= 0.3 is 5.97 Å². The topological polar surface area (TPSA) is 75.1 Å². The molecule has 0 aromatic heterocycles. The molecule has 0 aliphatic rings. The van der Waals surface area contributed by atoms with Gasteiger partial charge in [0.2, 0.25) is 0 Å². The van der Waals surface area contributed by atoms with Crippen molar-refractivity contribution >= 4 is 21.9 Å². The molecule has 0 spiro atoms. The maximum atomic E-state index is 10.8. The first-order chi connectivity index (χ1) is 6.24. The van der Waals surface area contributed by atoms with Crippen molar-refractivity contribution < 1.29 is 9.53 Å². The number of hydrogen-bond donors (Lipinski definition) is 0. The molecule has 0 heterocycles. The van der Waals surface area contributed by atoms with Crippen molar-refractivity contribution in [1.82, 2.24) is 0 Å². The first-order valence-corrected chi connectivity index (χ1v) is 5.03. The van der Waals surface area contributed by atoms with Crippen molar-refractivity contribution in [3.63, 3.8) is 0 Å². The first-order valence-electron chi connectivity index (χ1n) is 3.91. The van der Waals surface area contributed by atoms with Gasteiger partial charge in [-0.3, -0.25) is 4.79 Å². The molecule has 0 N–H and O–H groups in total. The van der Waals surface area contributed by atoms with Crippen LogP contribution in [0.1, 0.15) is 19.3 Å². The van der Waals surface area contributed by atoms with Gasteiger partial charge in [0.05, 0.1) is 13.5 Å². The predicted octanol–water partition coefficient (Wildman–Crippen LogP) is 2.40. The molecule has 0 saturated heterocycles. The molecule has 0 aliphatic carbocycles. The summed E-state index contributed by atoms with van der Waals surface area (Å²) in [5.41, 5.74) is 8.22. The van der Waals surface area contributed by atoms with E-state index < -0.39 is 0 Å². The van der Waals surface area contributed by atoms with Gasteiger partial charge in [-0.25, -0.2) is 0 Å². The Bertz CT molecular complexity index is 204. The van der Waals surface area contributed by atoms with Gasteiger partial charge in [0.15, 0.2) is 0 Å². The molecule has 0 bridgehead atoms. The smallest absolute Gasteiger partial charge is 0.305 e. The van der Waals surface area contributed by atoms with Crippen molar-refractivity contribution in [2.75, 3.05) is 12.4 Å². The number of esters is 1. The summed E-state index contributed by atoms with van der Waals surface area (Å²) in [6, 6.07) is -0.282. The molecule has 6 heteroatoms. The van der Waals surface area contributed by atoms with E-state index in [-0.39, 0.29) is 18.4 Å². The molecule has 74 valence electrons. The fraction of sp³-hybridized carbons (Fsp3) is 0.857. The van der Waals surface area contributed by atoms with Crippen molar-refractivity contribution in [3.8, 4) is 0 Å². The largest absolute Gasteiger partial charge is 0.469 e. The van der Waals surface area contributed by atoms with Crippen LogP contribution in [0, 0.1) is 0 Å². The van der Waals surface area contributed by atoms with E-state index in [2.05, 4.69) is 30.7 Å². The highest BCUT2D eigenvalue weighted by molar-refractivity contribution is 9.09. The number of hydrogen-bond acceptors (Lipinski definition) is 3. The van der Waals surface area contributed by atoms with Gasteiger partial charge in [-0.1, -0.05) is 21.0 Å². The maximum absolute atomic E-state index is 10.8. The van der Waals surface area contributed by atoms with Crippen molar-refractivity contribution in [1.29, 1.82) is 0 Å². The summed E-state index contributed by atoms with van der Waals surface area (Å²) in [4.78, 5) is 13.5. The number of alkyl halides is 1. The second-order valence-corrected chi connectivity index (χ2v) is 3.26. The maximum Gasteiger partial charge on any atom is 0.305 e. The van der Waals surface area contributed by atoms with Gasteiger partial charge in [0, 0.05) is 16.3 Å². The zero-order valence-electron chi connectivity index (χ0n) is 7.44. The Kier molecular flexibility index (Phi) is 7.44. The Morgan fingerprint density at radius 1 is 1.77 bits per heavy atom. The number of ether oxygens (including phenoxy) is 1. The Morgan fingerprint density at radius 3 is 2.92 bits per heavy atom. The number of methoxy groups -OCH3 is 1. The average Bonchev–Trinajstić information content (AvgIpc) is 2.14. The van der Waals surface area contributed by atoms with E-state index in [9.17, 15) is 4.79 Å². The number of carbonyl (C=O) groups excluding carboxylic acids is 1. The molecule has 0 radical (unpaired) electrons. The summed E-state index contributed by atoms with van der Waals surface area (Å²) in [7, 11) is 1.32. The lowest BCUT2D eigenvalue weighted by molar-refractivity contribution is -0.141. The molecule has 13 heavy (non-hydrogen) atoms. The Balaban J connectivity index is 3.93. The average molecular weight is 250 g/mol. The van der Waals surface area contributed by atoms with E-state index in [1.807, 2.05) is 0 Å². The summed E-state index contributed by atoms with van der Waals surface area (Å²) >= 11 is 3.26. The van der Waals surface area contributed by atoms with Crippen LogP contribution in [0.2, 0.25) is 0 Å². The van der Waals surface area contributed by atoms with E-state index in [0.29, 0.717) is 6.42 Å². The number of halogens is 1. The molecule has 0 aromatic carbocycles. The number of rotatable bonds is 6. The van der Waals surface area contributed by atoms with Gasteiger partial charge < -0.3 is 4.74 Å². The Morgan fingerprint density at radius 2 is 2.46 bits per heavy atom. The van der Waals surface area contributed by atoms with E-state index in [1.165, 1.54) is 7.11 Å². The van der Waals surface area contributed by atoms with Crippen molar-refractivity contribution in [2.24, 2.45) is 5.11 Å². The quantitative estimate of drug-likeness (QED) is 0.238. The third-order valence-corrected chi connectivity index (χ3v) is 2.08. The molecule has 0 saturated carbocycles. The standard InChI is InChI=1S/C7H12BrN3O2/c1-13-7(12)5-6(10-11-9)3-2-4-8/h6H,2-5H2,1H3. The molecule has 1 atom stereocenters. The highest BCUT2D eigenvalue weighted by Gasteiger charge is 2.11. The fourth-order valence-corrected chi connectivity index (χ4v) is 1.19. The molecule has 0 fully saturated rings. The third kappa shape index (κ3) is 6.42. The van der Waals surface area contributed by atoms with Gasteiger partial charge in [-0.05, 0) is 18.4 Å². The van der Waals surface area contributed by atoms with E-state index in [0.717, 1.165) is 11.8 Å². The van der Waals surface area contributed by atoms with Crippen molar-refractivity contribution in [3.05, 3.63) is 10.4 Å². The summed E-state index contributed by atoms with van der Waals surface area (Å²) in [5, 5.41) is 4.35. The van der Waals surface area contributed by atoms with E-state index in [4.69, 9.17) is 5.53 Å². The summed E-state index contributed by atoms with van der Waals surface area (Å²) in [6.07, 6.45) is 1.73. The summed E-state index contributed by atoms with van der Waals surface area (Å²) in [6.45, 7) is 0. The van der Waals surface area contributed by atoms with Crippen LogP contribution in [0.5, 0.6) is 0 Å². The van der Waals surface area contributed by atoms with Crippen LogP contribution in [-0.2, 0) is 9.53 Å². The molecular formula is C7H12BrN3O2. The van der Waals surface area contributed by atoms with Crippen LogP contribution in [0.3, 0.4) is 0 Å². The lowest BCUT2D eigenvalue weighted by Gasteiger charge is -2.07. The first kappa shape index (κ1) is 12.3. The van der Waals surface area contributed by atoms with E-state index >= 15 is 0 Å². The van der Waals surface area contributed by atoms with Gasteiger partial charge in [-0.15, -0.1) is 0 Å². The number of azide groups is 1. The molecule has 0 aliphatic heterocycles. The summed E-state index contributed by atoms with van der Waals surface area (Å²) in [5.74, 6) is -0.341. The van der Waals surface area contributed by atoms with Crippen LogP contribution < -0.4 is 0 Å². The third-order valence-electron chi connectivity index (χ3n) is 1.52. The van der Waals surface area contributed by atoms with Gasteiger partial charge in [-0.2, -0.15) is 0 Å². The van der Waals surface area contributed by atoms with Crippen molar-refractivity contribution in [2.45, 2.75) is 25.3 Å². The molecular weight excluding hydrogens is 238 g/mol. The zero-order valence-corrected chi connectivity index (χ0v) is 9.03. The molecule has 5 nitrogen and oxygen atoms in total. The van der Waals surface area contributed by atoms with Crippen LogP contribution in [0.4, 0.5) is 0 Å². The number of nitrogens with zero attached hydrogens (tertiary/aromatic N) is 3. The second-order valence-electron chi connectivity index (χ2n) is 2.47. The fourth-order valence-electron chi connectivity index (χ4n) is 0.862. The van der Waals surface area contributed by atoms with Crippen LogP contribution in [-0.4, -0.2) is 24.5 Å². The Hall–Kier alpha value is -0.740. The van der Waals surface area contributed by atoms with Crippen LogP contribution in [0.25, 0.3) is 10.4 Å². The van der Waals surface area contributed by atoms with Crippen LogP contribution in [0.15, 0.2) is 5.11 Å². The SMILES string of the molecule is COC(=O)CC(CCCBr)N=[N+]=[N-]. The van der Waals surface area contributed by atoms with Crippen LogP contribution >= 0.6 is 15.9 Å². The lowest BCUT2D eigenvalue weighted by Crippen LogP contribution is -2.12. The highest BCUT2D eigenvalue weighted by Crippen LogP contribution is 2.09. The van der Waals surface area contributed by atoms with E-state index in [1.54, 1.807) is 0 Å².